The van der Waals surface area contributed by atoms with Crippen molar-refractivity contribution in [2.75, 3.05) is 31.2 Å². The number of carbonyl (C=O) groups is 2. The van der Waals surface area contributed by atoms with Crippen LogP contribution in [0.2, 0.25) is 0 Å². The standard InChI is InChI=1S/C22H21N5O2.C2HF3O2/c28-21(24-15-17-14-23-13-16-5-1-2-6-18(16)17)20-19-7-3-4-8-27(19)22(25-20)26-9-11-29-12-10-26;3-2(4,5)1(6)7/h1-8,13-14H,9-12,15H2,(H,24,28);(H,6,7)/p+1. The minimum Gasteiger partial charge on any atom is -0.542 e. The fourth-order valence-electron chi connectivity index (χ4n) is 3.88. The van der Waals surface area contributed by atoms with Gasteiger partial charge in [0.25, 0.3) is 5.91 Å². The first-order chi connectivity index (χ1) is 17.3. The van der Waals surface area contributed by atoms with E-state index in [-0.39, 0.29) is 5.91 Å². The van der Waals surface area contributed by atoms with Crippen molar-refractivity contribution >= 4 is 34.1 Å². The van der Waals surface area contributed by atoms with Gasteiger partial charge in [0.1, 0.15) is 5.97 Å². The van der Waals surface area contributed by atoms with Crippen LogP contribution in [0.25, 0.3) is 16.3 Å². The zero-order chi connectivity index (χ0) is 25.7. The van der Waals surface area contributed by atoms with E-state index in [9.17, 15) is 18.0 Å². The van der Waals surface area contributed by atoms with Crippen LogP contribution in [-0.2, 0) is 16.1 Å². The van der Waals surface area contributed by atoms with Gasteiger partial charge in [0.2, 0.25) is 5.69 Å². The summed E-state index contributed by atoms with van der Waals surface area (Å²) in [5, 5.41) is 14.1. The number of carboxylic acid groups (broad SMARTS) is 1. The number of anilines is 1. The number of H-pyrrole nitrogens is 2. The second kappa shape index (κ2) is 10.6. The van der Waals surface area contributed by atoms with Crippen LogP contribution in [0, 0.1) is 0 Å². The van der Waals surface area contributed by atoms with Gasteiger partial charge in [-0.2, -0.15) is 13.2 Å². The molecule has 4 aromatic rings. The molecular formula is C24H23F3N5O4+. The number of nitrogens with zero attached hydrogens (tertiary/aromatic N) is 2. The number of aromatic nitrogens is 3. The maximum Gasteiger partial charge on any atom is 0.430 e. The predicted molar refractivity (Wildman–Crippen MR) is 120 cm³/mol. The van der Waals surface area contributed by atoms with Crippen molar-refractivity contribution < 1.29 is 42.0 Å². The van der Waals surface area contributed by atoms with E-state index >= 15 is 0 Å². The van der Waals surface area contributed by atoms with Crippen LogP contribution in [0.4, 0.5) is 19.1 Å². The van der Waals surface area contributed by atoms with Crippen molar-refractivity contribution in [2.45, 2.75) is 12.7 Å². The molecule has 1 amide bonds. The Balaban J connectivity index is 0.000000384. The van der Waals surface area contributed by atoms with Crippen molar-refractivity contribution in [3.8, 4) is 0 Å². The summed E-state index contributed by atoms with van der Waals surface area (Å²) >= 11 is 0. The van der Waals surface area contributed by atoms with Crippen LogP contribution < -0.4 is 24.7 Å². The molecule has 0 saturated carbocycles. The molecule has 0 atom stereocenters. The van der Waals surface area contributed by atoms with Gasteiger partial charge in [0, 0.05) is 17.5 Å². The molecule has 1 aliphatic rings. The van der Waals surface area contributed by atoms with Crippen LogP contribution in [0.15, 0.2) is 61.1 Å². The highest BCUT2D eigenvalue weighted by Crippen LogP contribution is 2.17. The highest BCUT2D eigenvalue weighted by molar-refractivity contribution is 5.98. The van der Waals surface area contributed by atoms with Gasteiger partial charge in [0.05, 0.1) is 32.5 Å². The average Bonchev–Trinajstić information content (AvgIpc) is 3.27. The number of halogens is 3. The molecule has 1 saturated heterocycles. The van der Waals surface area contributed by atoms with Gasteiger partial charge < -0.3 is 20.0 Å². The molecule has 0 unspecified atom stereocenters. The van der Waals surface area contributed by atoms with Crippen molar-refractivity contribution in [1.29, 1.82) is 0 Å². The van der Waals surface area contributed by atoms with E-state index in [4.69, 9.17) is 14.6 Å². The molecule has 0 spiro atoms. The van der Waals surface area contributed by atoms with E-state index in [2.05, 4.69) is 32.3 Å². The first-order valence-corrected chi connectivity index (χ1v) is 11.0. The lowest BCUT2D eigenvalue weighted by molar-refractivity contribution is -0.497. The topological polar surface area (TPSA) is 116 Å². The number of morpholine rings is 1. The summed E-state index contributed by atoms with van der Waals surface area (Å²) in [5.41, 5.74) is 2.47. The number of benzene rings is 1. The lowest BCUT2D eigenvalue weighted by atomic mass is 10.1. The predicted octanol–water partition coefficient (Wildman–Crippen LogP) is 0.786. The Morgan fingerprint density at radius 2 is 1.81 bits per heavy atom. The fraction of sp³-hybridized carbons (Fsp3) is 0.250. The van der Waals surface area contributed by atoms with Crippen LogP contribution in [0.1, 0.15) is 16.1 Å². The first-order valence-electron chi connectivity index (χ1n) is 11.0. The first kappa shape index (κ1) is 24.9. The average molecular weight is 502 g/mol. The van der Waals surface area contributed by atoms with E-state index in [0.717, 1.165) is 40.9 Å². The third-order valence-corrected chi connectivity index (χ3v) is 5.59. The summed E-state index contributed by atoms with van der Waals surface area (Å²) in [6.07, 6.45) is 0.681. The number of carbonyl (C=O) groups excluding carboxylic acids is 2. The smallest absolute Gasteiger partial charge is 0.430 e. The molecule has 1 aromatic carbocycles. The molecule has 3 aromatic heterocycles. The van der Waals surface area contributed by atoms with Gasteiger partial charge in [-0.1, -0.05) is 24.3 Å². The second-order valence-corrected chi connectivity index (χ2v) is 7.91. The molecule has 0 aliphatic carbocycles. The lowest BCUT2D eigenvalue weighted by Gasteiger charge is -2.21. The molecule has 0 bridgehead atoms. The summed E-state index contributed by atoms with van der Waals surface area (Å²) < 4.78 is 39.0. The normalized spacial score (nSPS) is 13.8. The summed E-state index contributed by atoms with van der Waals surface area (Å²) in [6.45, 7) is 3.41. The zero-order valence-electron chi connectivity index (χ0n) is 19.0. The molecule has 4 heterocycles. The van der Waals surface area contributed by atoms with Crippen LogP contribution in [0.5, 0.6) is 0 Å². The van der Waals surface area contributed by atoms with Crippen molar-refractivity contribution in [3.05, 3.63) is 72.3 Å². The maximum atomic E-state index is 13.1. The molecule has 188 valence electrons. The number of alkyl halides is 3. The number of rotatable bonds is 4. The van der Waals surface area contributed by atoms with E-state index in [1.54, 1.807) is 0 Å². The number of ether oxygens (including phenoxy) is 1. The molecule has 36 heavy (non-hydrogen) atoms. The van der Waals surface area contributed by atoms with Crippen molar-refractivity contribution in [3.63, 3.8) is 0 Å². The number of aliphatic carboxylic acids is 1. The summed E-state index contributed by atoms with van der Waals surface area (Å²) in [7, 11) is 0. The molecular weight excluding hydrogens is 479 g/mol. The van der Waals surface area contributed by atoms with Crippen molar-refractivity contribution in [1.82, 2.24) is 10.3 Å². The Hall–Kier alpha value is -4.19. The molecule has 1 aliphatic heterocycles. The monoisotopic (exact) mass is 502 g/mol. The number of imidazole rings is 1. The fourth-order valence-corrected chi connectivity index (χ4v) is 3.88. The zero-order valence-corrected chi connectivity index (χ0v) is 19.0. The van der Waals surface area contributed by atoms with E-state index in [0.29, 0.717) is 25.5 Å². The van der Waals surface area contributed by atoms with E-state index < -0.39 is 12.1 Å². The SMILES string of the molecule is O=C(NCc1c[nH+]cc2ccccc12)c1[nH]c(N2CCOCC2)[n+]2ccccc12.O=C([O-])C(F)(F)F. The molecule has 5 rings (SSSR count). The number of fused-ring (bicyclic) bond motifs is 2. The molecule has 12 heteroatoms. The number of nitrogens with one attached hydrogen (secondary N) is 3. The summed E-state index contributed by atoms with van der Waals surface area (Å²) in [4.78, 5) is 30.6. The molecule has 3 N–H and O–H groups in total. The number of carboxylic acids is 1. The van der Waals surface area contributed by atoms with Gasteiger partial charge in [-0.25, -0.2) is 14.4 Å². The third-order valence-electron chi connectivity index (χ3n) is 5.59. The van der Waals surface area contributed by atoms with Crippen LogP contribution in [0.3, 0.4) is 0 Å². The van der Waals surface area contributed by atoms with Crippen LogP contribution in [-0.4, -0.2) is 49.3 Å². The molecule has 0 radical (unpaired) electrons. The lowest BCUT2D eigenvalue weighted by Crippen LogP contribution is -2.41. The van der Waals surface area contributed by atoms with Gasteiger partial charge in [-0.05, 0) is 23.6 Å². The highest BCUT2D eigenvalue weighted by atomic mass is 19.4. The minimum atomic E-state index is -5.19. The highest BCUT2D eigenvalue weighted by Gasteiger charge is 2.29. The minimum absolute atomic E-state index is 0.124. The van der Waals surface area contributed by atoms with Gasteiger partial charge >= 0.3 is 12.1 Å². The Bertz CT molecular complexity index is 1380. The Morgan fingerprint density at radius 3 is 2.53 bits per heavy atom. The Labute approximate surface area is 203 Å². The maximum absolute atomic E-state index is 13.1. The van der Waals surface area contributed by atoms with Gasteiger partial charge in [-0.15, -0.1) is 0 Å². The second-order valence-electron chi connectivity index (χ2n) is 7.91. The summed E-state index contributed by atoms with van der Waals surface area (Å²) in [6, 6.07) is 14.0. The Morgan fingerprint density at radius 1 is 1.11 bits per heavy atom. The third kappa shape index (κ3) is 5.54. The van der Waals surface area contributed by atoms with E-state index in [1.165, 1.54) is 0 Å². The number of hydrogen-bond acceptors (Lipinski definition) is 5. The van der Waals surface area contributed by atoms with E-state index in [1.807, 2.05) is 53.3 Å². The number of aromatic amines is 2. The molecule has 9 nitrogen and oxygen atoms in total. The van der Waals surface area contributed by atoms with Crippen molar-refractivity contribution in [2.24, 2.45) is 0 Å². The van der Waals surface area contributed by atoms with Crippen LogP contribution >= 0.6 is 0 Å². The van der Waals surface area contributed by atoms with Gasteiger partial charge in [-0.3, -0.25) is 9.69 Å². The number of amides is 1. The molecule has 1 fully saturated rings. The summed E-state index contributed by atoms with van der Waals surface area (Å²) in [5.74, 6) is -2.22. The van der Waals surface area contributed by atoms with Gasteiger partial charge in [0.15, 0.2) is 17.9 Å². The number of hydrogen-bond donors (Lipinski definition) is 2. The Kier molecular flexibility index (Phi) is 7.34. The quantitative estimate of drug-likeness (QED) is 0.401. The number of pyridine rings is 2. The largest absolute Gasteiger partial charge is 0.542 e.